The summed E-state index contributed by atoms with van der Waals surface area (Å²) in [6.45, 7) is 2.11. The normalized spacial score (nSPS) is 12.7. The quantitative estimate of drug-likeness (QED) is 0.792. The number of benzene rings is 2. The van der Waals surface area contributed by atoms with Gasteiger partial charge in [-0.3, -0.25) is 0 Å². The van der Waals surface area contributed by atoms with Crippen LogP contribution < -0.4 is 5.73 Å². The Morgan fingerprint density at radius 2 is 1.95 bits per heavy atom. The van der Waals surface area contributed by atoms with E-state index in [0.29, 0.717) is 0 Å². The number of aryl methyl sites for hydroxylation is 1. The Hall–Kier alpha value is -1.71. The lowest BCUT2D eigenvalue weighted by atomic mass is 10.0. The van der Waals surface area contributed by atoms with Crippen LogP contribution in [0.5, 0.6) is 0 Å². The highest BCUT2D eigenvalue weighted by Crippen LogP contribution is 2.22. The van der Waals surface area contributed by atoms with Crippen molar-refractivity contribution in [1.82, 2.24) is 4.98 Å². The average molecular weight is 282 g/mol. The molecule has 1 heterocycles. The van der Waals surface area contributed by atoms with Gasteiger partial charge in [0.1, 0.15) is 0 Å². The van der Waals surface area contributed by atoms with Crippen LogP contribution in [0.4, 0.5) is 0 Å². The molecule has 1 atom stereocenters. The van der Waals surface area contributed by atoms with Crippen LogP contribution in [-0.4, -0.2) is 11.0 Å². The fourth-order valence-corrected chi connectivity index (χ4v) is 3.51. The van der Waals surface area contributed by atoms with E-state index in [2.05, 4.69) is 54.4 Å². The first-order valence-electron chi connectivity index (χ1n) is 6.86. The van der Waals surface area contributed by atoms with Crippen molar-refractivity contribution in [2.24, 2.45) is 5.73 Å². The molecule has 3 aromatic rings. The molecule has 0 saturated carbocycles. The Kier molecular flexibility index (Phi) is 3.81. The molecule has 20 heavy (non-hydrogen) atoms. The van der Waals surface area contributed by atoms with Gasteiger partial charge in [0, 0.05) is 12.5 Å². The molecule has 1 aromatic heterocycles. The lowest BCUT2D eigenvalue weighted by molar-refractivity contribution is 0.663. The number of rotatable bonds is 4. The summed E-state index contributed by atoms with van der Waals surface area (Å²) >= 11 is 1.75. The van der Waals surface area contributed by atoms with Crippen LogP contribution in [0.2, 0.25) is 0 Å². The van der Waals surface area contributed by atoms with E-state index < -0.39 is 0 Å². The van der Waals surface area contributed by atoms with E-state index in [1.807, 2.05) is 6.07 Å². The molecule has 102 valence electrons. The second-order valence-electron chi connectivity index (χ2n) is 5.23. The van der Waals surface area contributed by atoms with Gasteiger partial charge < -0.3 is 5.73 Å². The maximum Gasteiger partial charge on any atom is 0.0954 e. The lowest BCUT2D eigenvalue weighted by Crippen LogP contribution is -2.25. The predicted molar refractivity (Wildman–Crippen MR) is 86.2 cm³/mol. The zero-order chi connectivity index (χ0) is 13.9. The highest BCUT2D eigenvalue weighted by Gasteiger charge is 2.09. The molecule has 2 nitrogen and oxygen atoms in total. The van der Waals surface area contributed by atoms with Gasteiger partial charge in [-0.05, 0) is 31.0 Å². The molecular weight excluding hydrogens is 264 g/mol. The molecule has 2 N–H and O–H groups in total. The lowest BCUT2D eigenvalue weighted by Gasteiger charge is -2.10. The van der Waals surface area contributed by atoms with E-state index in [-0.39, 0.29) is 6.04 Å². The van der Waals surface area contributed by atoms with E-state index in [1.165, 1.54) is 15.8 Å². The summed E-state index contributed by atoms with van der Waals surface area (Å²) in [7, 11) is 0. The van der Waals surface area contributed by atoms with Crippen LogP contribution in [0.1, 0.15) is 16.1 Å². The largest absolute Gasteiger partial charge is 0.327 e. The Morgan fingerprint density at radius 1 is 1.10 bits per heavy atom. The standard InChI is InChI=1S/C17H18N2S/c1-12-5-4-6-13(9-12)10-14(18)11-17-19-15-7-2-3-8-16(15)20-17/h2-9,14H,10-11,18H2,1H3. The van der Waals surface area contributed by atoms with E-state index in [1.54, 1.807) is 11.3 Å². The molecule has 0 spiro atoms. The summed E-state index contributed by atoms with van der Waals surface area (Å²) in [6.07, 6.45) is 1.74. The second-order valence-corrected chi connectivity index (χ2v) is 6.35. The highest BCUT2D eigenvalue weighted by atomic mass is 32.1. The van der Waals surface area contributed by atoms with E-state index in [4.69, 9.17) is 5.73 Å². The number of aromatic nitrogens is 1. The summed E-state index contributed by atoms with van der Waals surface area (Å²) in [5.74, 6) is 0. The molecule has 0 radical (unpaired) electrons. The average Bonchev–Trinajstić information content (AvgIpc) is 2.80. The zero-order valence-corrected chi connectivity index (χ0v) is 12.4. The fourth-order valence-electron chi connectivity index (χ4n) is 2.45. The Bertz CT molecular complexity index is 685. The molecule has 0 fully saturated rings. The molecule has 0 bridgehead atoms. The summed E-state index contributed by atoms with van der Waals surface area (Å²) in [5, 5.41) is 1.13. The molecule has 3 heteroatoms. The van der Waals surface area contributed by atoms with Gasteiger partial charge in [-0.1, -0.05) is 42.0 Å². The van der Waals surface area contributed by atoms with Gasteiger partial charge >= 0.3 is 0 Å². The smallest absolute Gasteiger partial charge is 0.0954 e. The maximum atomic E-state index is 6.28. The van der Waals surface area contributed by atoms with Crippen molar-refractivity contribution in [2.75, 3.05) is 0 Å². The molecule has 3 rings (SSSR count). The van der Waals surface area contributed by atoms with Gasteiger partial charge in [-0.25, -0.2) is 4.98 Å². The minimum atomic E-state index is 0.123. The van der Waals surface area contributed by atoms with Crippen molar-refractivity contribution in [3.8, 4) is 0 Å². The second kappa shape index (κ2) is 5.73. The van der Waals surface area contributed by atoms with Gasteiger partial charge in [-0.15, -0.1) is 11.3 Å². The number of thiazole rings is 1. The first-order valence-corrected chi connectivity index (χ1v) is 7.68. The van der Waals surface area contributed by atoms with Crippen LogP contribution in [0.25, 0.3) is 10.2 Å². The van der Waals surface area contributed by atoms with E-state index in [9.17, 15) is 0 Å². The van der Waals surface area contributed by atoms with Crippen molar-refractivity contribution in [1.29, 1.82) is 0 Å². The summed E-state index contributed by atoms with van der Waals surface area (Å²) < 4.78 is 1.24. The molecule has 0 amide bonds. The molecule has 0 aliphatic heterocycles. The number of fused-ring (bicyclic) bond motifs is 1. The minimum absolute atomic E-state index is 0.123. The Morgan fingerprint density at radius 3 is 2.75 bits per heavy atom. The van der Waals surface area contributed by atoms with Crippen molar-refractivity contribution in [3.63, 3.8) is 0 Å². The fraction of sp³-hybridized carbons (Fsp3) is 0.235. The monoisotopic (exact) mass is 282 g/mol. The summed E-state index contributed by atoms with van der Waals surface area (Å²) in [4.78, 5) is 4.65. The van der Waals surface area contributed by atoms with Crippen molar-refractivity contribution in [3.05, 3.63) is 64.7 Å². The van der Waals surface area contributed by atoms with E-state index >= 15 is 0 Å². The summed E-state index contributed by atoms with van der Waals surface area (Å²) in [6, 6.07) is 16.9. The van der Waals surface area contributed by atoms with Crippen molar-refractivity contribution >= 4 is 21.6 Å². The van der Waals surface area contributed by atoms with Gasteiger partial charge in [-0.2, -0.15) is 0 Å². The molecule has 0 saturated heterocycles. The molecule has 2 aromatic carbocycles. The number of hydrogen-bond acceptors (Lipinski definition) is 3. The highest BCUT2D eigenvalue weighted by molar-refractivity contribution is 7.18. The molecule has 0 aliphatic rings. The first-order chi connectivity index (χ1) is 9.70. The zero-order valence-electron chi connectivity index (χ0n) is 11.5. The SMILES string of the molecule is Cc1cccc(CC(N)Cc2nc3ccccc3s2)c1. The Balaban J connectivity index is 1.70. The van der Waals surface area contributed by atoms with Crippen LogP contribution in [0, 0.1) is 6.92 Å². The van der Waals surface area contributed by atoms with Gasteiger partial charge in [0.2, 0.25) is 0 Å². The van der Waals surface area contributed by atoms with Gasteiger partial charge in [0.05, 0.1) is 15.2 Å². The van der Waals surface area contributed by atoms with Crippen LogP contribution in [0.15, 0.2) is 48.5 Å². The third-order valence-electron chi connectivity index (χ3n) is 3.36. The van der Waals surface area contributed by atoms with Gasteiger partial charge in [0.25, 0.3) is 0 Å². The number of para-hydroxylation sites is 1. The maximum absolute atomic E-state index is 6.28. The van der Waals surface area contributed by atoms with Crippen LogP contribution in [-0.2, 0) is 12.8 Å². The first kappa shape index (κ1) is 13.3. The number of nitrogens with two attached hydrogens (primary N) is 1. The van der Waals surface area contributed by atoms with Gasteiger partial charge in [0.15, 0.2) is 0 Å². The number of hydrogen-bond donors (Lipinski definition) is 1. The third kappa shape index (κ3) is 3.06. The Labute approximate surface area is 123 Å². The molecular formula is C17H18N2S. The topological polar surface area (TPSA) is 38.9 Å². The minimum Gasteiger partial charge on any atom is -0.327 e. The third-order valence-corrected chi connectivity index (χ3v) is 4.41. The van der Waals surface area contributed by atoms with E-state index in [0.717, 1.165) is 23.4 Å². The predicted octanol–water partition coefficient (Wildman–Crippen LogP) is 3.72. The van der Waals surface area contributed by atoms with Crippen molar-refractivity contribution < 1.29 is 0 Å². The van der Waals surface area contributed by atoms with Crippen molar-refractivity contribution in [2.45, 2.75) is 25.8 Å². The number of nitrogens with zero attached hydrogens (tertiary/aromatic N) is 1. The molecule has 1 unspecified atom stereocenters. The van der Waals surface area contributed by atoms with Crippen LogP contribution in [0.3, 0.4) is 0 Å². The van der Waals surface area contributed by atoms with Crippen LogP contribution >= 0.6 is 11.3 Å². The molecule has 0 aliphatic carbocycles. The summed E-state index contributed by atoms with van der Waals surface area (Å²) in [5.41, 5.74) is 9.95.